The van der Waals surface area contributed by atoms with Crippen molar-refractivity contribution in [3.05, 3.63) is 51.2 Å². The van der Waals surface area contributed by atoms with Gasteiger partial charge in [-0.25, -0.2) is 9.78 Å². The summed E-state index contributed by atoms with van der Waals surface area (Å²) in [5, 5.41) is 12.8. The molecule has 0 saturated heterocycles. The molecule has 0 saturated carbocycles. The Morgan fingerprint density at radius 1 is 1.03 bits per heavy atom. The van der Waals surface area contributed by atoms with Crippen molar-refractivity contribution in [3.63, 3.8) is 0 Å². The summed E-state index contributed by atoms with van der Waals surface area (Å²) in [6.07, 6.45) is 3.26. The number of unbranched alkanes of at least 4 members (excludes halogenated alkanes) is 2. The lowest BCUT2D eigenvalue weighted by Gasteiger charge is -2.23. The van der Waals surface area contributed by atoms with Gasteiger partial charge in [0, 0.05) is 31.7 Å². The van der Waals surface area contributed by atoms with Gasteiger partial charge in [0.05, 0.1) is 0 Å². The monoisotopic (exact) mass is 428 g/mol. The summed E-state index contributed by atoms with van der Waals surface area (Å²) in [6.45, 7) is 3.75. The first kappa shape index (κ1) is 20.4. The van der Waals surface area contributed by atoms with Crippen LogP contribution in [0.25, 0.3) is 11.5 Å². The van der Waals surface area contributed by atoms with Crippen molar-refractivity contribution in [2.24, 2.45) is 0 Å². The summed E-state index contributed by atoms with van der Waals surface area (Å²) in [5.74, 6) is -0.260. The Morgan fingerprint density at radius 3 is 2.57 bits per heavy atom. The quantitative estimate of drug-likeness (QED) is 0.405. The van der Waals surface area contributed by atoms with E-state index in [1.807, 2.05) is 24.3 Å². The lowest BCUT2D eigenvalue weighted by molar-refractivity contribution is -0.279. The molecule has 0 fully saturated rings. The molecular formula is C21H23ClN5O3-. The van der Waals surface area contributed by atoms with Crippen LogP contribution in [-0.2, 0) is 19.6 Å². The van der Waals surface area contributed by atoms with Crippen molar-refractivity contribution in [3.8, 4) is 17.4 Å². The van der Waals surface area contributed by atoms with Gasteiger partial charge in [0.15, 0.2) is 5.82 Å². The maximum absolute atomic E-state index is 13.0. The number of aromatic nitrogens is 4. The molecule has 158 valence electrons. The molecule has 1 amide bonds. The first-order valence-corrected chi connectivity index (χ1v) is 10.6. The smallest absolute Gasteiger partial charge is 0.329 e. The second-order valence-electron chi connectivity index (χ2n) is 7.50. The Bertz CT molecular complexity index is 1110. The second-order valence-corrected chi connectivity index (χ2v) is 7.84. The first-order chi connectivity index (χ1) is 14.5. The molecule has 1 aromatic rings. The summed E-state index contributed by atoms with van der Waals surface area (Å²) in [6, 6.07) is 7.53. The van der Waals surface area contributed by atoms with E-state index in [0.29, 0.717) is 26.1 Å². The van der Waals surface area contributed by atoms with Crippen molar-refractivity contribution in [1.29, 1.82) is 0 Å². The number of hydrogen-bond acceptors (Lipinski definition) is 5. The van der Waals surface area contributed by atoms with Crippen LogP contribution < -0.4 is 10.8 Å². The van der Waals surface area contributed by atoms with Gasteiger partial charge in [0.2, 0.25) is 5.28 Å². The molecule has 3 heterocycles. The fraction of sp³-hybridized carbons (Fsp3) is 0.429. The molecule has 0 unspecified atom stereocenters. The number of imidazole rings is 1. The number of fused-ring (bicyclic) bond motifs is 2. The van der Waals surface area contributed by atoms with Crippen LogP contribution in [0, 0.1) is 0 Å². The summed E-state index contributed by atoms with van der Waals surface area (Å²) in [5.41, 5.74) is 1.43. The average molecular weight is 429 g/mol. The Morgan fingerprint density at radius 2 is 1.80 bits per heavy atom. The Balaban J connectivity index is 1.53. The summed E-state index contributed by atoms with van der Waals surface area (Å²) in [4.78, 5) is 35.4. The zero-order chi connectivity index (χ0) is 21.3. The lowest BCUT2D eigenvalue weighted by Crippen LogP contribution is -2.36. The van der Waals surface area contributed by atoms with Crippen LogP contribution in [0.4, 0.5) is 0 Å². The zero-order valence-electron chi connectivity index (χ0n) is 16.8. The third kappa shape index (κ3) is 3.67. The average Bonchev–Trinajstić information content (AvgIpc) is 3.28. The number of halogens is 1. The van der Waals surface area contributed by atoms with Gasteiger partial charge in [-0.05, 0) is 42.0 Å². The first-order valence-electron chi connectivity index (χ1n) is 10.2. The van der Waals surface area contributed by atoms with E-state index in [4.69, 9.17) is 11.6 Å². The van der Waals surface area contributed by atoms with Crippen LogP contribution in [0.1, 0.15) is 48.5 Å². The number of hydrogen-bond donors (Lipinski definition) is 0. The molecule has 4 rings (SSSR count). The van der Waals surface area contributed by atoms with E-state index in [0.717, 1.165) is 30.4 Å². The molecule has 3 aliphatic rings. The second kappa shape index (κ2) is 8.47. The predicted molar refractivity (Wildman–Crippen MR) is 111 cm³/mol. The standard InChI is InChI=1S/C21H24ClN5O3/c1-2-3-6-11-26-17-16(23-20(22)24-17)19(29)27(21(26)30)12-7-10-25-13-14-8-4-5-9-15(14)18(25)28/h4-5,8-9,29H,2-3,6-7,10-13H2,1H3/p-1. The number of nitrogens with zero attached hydrogens (tertiary/aromatic N) is 5. The van der Waals surface area contributed by atoms with Gasteiger partial charge in [0.1, 0.15) is 5.69 Å². The summed E-state index contributed by atoms with van der Waals surface area (Å²) in [7, 11) is 0. The molecule has 0 N–H and O–H groups in total. The Labute approximate surface area is 179 Å². The molecule has 1 aromatic carbocycles. The third-order valence-corrected chi connectivity index (χ3v) is 5.64. The van der Waals surface area contributed by atoms with E-state index in [2.05, 4.69) is 16.9 Å². The van der Waals surface area contributed by atoms with E-state index in [1.165, 1.54) is 9.13 Å². The fourth-order valence-corrected chi connectivity index (χ4v) is 4.09. The van der Waals surface area contributed by atoms with E-state index in [1.54, 1.807) is 4.90 Å². The molecule has 0 aromatic heterocycles. The van der Waals surface area contributed by atoms with Gasteiger partial charge in [-0.3, -0.25) is 9.36 Å². The van der Waals surface area contributed by atoms with Crippen LogP contribution >= 0.6 is 11.6 Å². The maximum Gasteiger partial charge on any atom is 0.329 e. The number of carbonyl (C=O) groups excluding carboxylic acids is 1. The SMILES string of the molecule is CCCCCn1c2nc(Cl)nc-2c([O-])n(CCCN2Cc3ccccc3C2=O)c1=O. The van der Waals surface area contributed by atoms with E-state index in [-0.39, 0.29) is 29.3 Å². The number of rotatable bonds is 8. The summed E-state index contributed by atoms with van der Waals surface area (Å²) >= 11 is 5.91. The Hall–Kier alpha value is -2.87. The van der Waals surface area contributed by atoms with Crippen LogP contribution in [-0.4, -0.2) is 36.5 Å². The number of carbonyl (C=O) groups is 1. The van der Waals surface area contributed by atoms with Crippen molar-refractivity contribution >= 4 is 17.5 Å². The van der Waals surface area contributed by atoms with Crippen molar-refractivity contribution < 1.29 is 9.90 Å². The topological polar surface area (TPSA) is 96.1 Å². The molecule has 8 nitrogen and oxygen atoms in total. The molecule has 0 spiro atoms. The molecule has 0 aliphatic carbocycles. The molecule has 0 bridgehead atoms. The zero-order valence-corrected chi connectivity index (χ0v) is 17.6. The molecular weight excluding hydrogens is 406 g/mol. The molecule has 0 atom stereocenters. The van der Waals surface area contributed by atoms with Crippen molar-refractivity contribution in [2.75, 3.05) is 6.54 Å². The van der Waals surface area contributed by atoms with E-state index in [9.17, 15) is 14.7 Å². The molecule has 3 aliphatic heterocycles. The Kier molecular flexibility index (Phi) is 5.76. The van der Waals surface area contributed by atoms with Gasteiger partial charge < -0.3 is 14.6 Å². The highest BCUT2D eigenvalue weighted by Gasteiger charge is 2.26. The van der Waals surface area contributed by atoms with Crippen LogP contribution in [0.15, 0.2) is 29.1 Å². The third-order valence-electron chi connectivity index (χ3n) is 5.47. The number of benzene rings is 1. The largest absolute Gasteiger partial charge is 0.858 e. The minimum absolute atomic E-state index is 0.0148. The predicted octanol–water partition coefficient (Wildman–Crippen LogP) is 2.51. The lowest BCUT2D eigenvalue weighted by atomic mass is 10.1. The van der Waals surface area contributed by atoms with Gasteiger partial charge in [-0.1, -0.05) is 38.0 Å². The van der Waals surface area contributed by atoms with Crippen LogP contribution in [0.2, 0.25) is 5.28 Å². The highest BCUT2D eigenvalue weighted by Crippen LogP contribution is 2.27. The summed E-state index contributed by atoms with van der Waals surface area (Å²) < 4.78 is 2.68. The normalized spacial score (nSPS) is 13.4. The maximum atomic E-state index is 13.0. The van der Waals surface area contributed by atoms with Crippen LogP contribution in [0.3, 0.4) is 0 Å². The van der Waals surface area contributed by atoms with E-state index >= 15 is 0 Å². The van der Waals surface area contributed by atoms with Crippen molar-refractivity contribution in [2.45, 2.75) is 52.2 Å². The highest BCUT2D eigenvalue weighted by atomic mass is 35.5. The highest BCUT2D eigenvalue weighted by molar-refractivity contribution is 6.28. The minimum Gasteiger partial charge on any atom is -0.858 e. The molecule has 30 heavy (non-hydrogen) atoms. The minimum atomic E-state index is -0.489. The van der Waals surface area contributed by atoms with Crippen molar-refractivity contribution in [1.82, 2.24) is 24.0 Å². The van der Waals surface area contributed by atoms with Crippen LogP contribution in [0.5, 0.6) is 5.88 Å². The van der Waals surface area contributed by atoms with Gasteiger partial charge in [-0.15, -0.1) is 0 Å². The molecule has 0 radical (unpaired) electrons. The van der Waals surface area contributed by atoms with E-state index < -0.39 is 11.6 Å². The number of amides is 1. The van der Waals surface area contributed by atoms with Gasteiger partial charge >= 0.3 is 5.69 Å². The van der Waals surface area contributed by atoms with Gasteiger partial charge in [-0.2, -0.15) is 4.98 Å². The fourth-order valence-electron chi connectivity index (χ4n) is 3.92. The molecule has 9 heteroatoms. The van der Waals surface area contributed by atoms with Gasteiger partial charge in [0.25, 0.3) is 5.91 Å².